The molecule has 6 heteroatoms. The lowest BCUT2D eigenvalue weighted by molar-refractivity contribution is 0.0920. The third kappa shape index (κ3) is 2.91. The molecule has 2 heterocycles. The van der Waals surface area contributed by atoms with Gasteiger partial charge in [-0.2, -0.15) is 11.3 Å². The maximum absolute atomic E-state index is 11.8. The number of hydrogen-bond donors (Lipinski definition) is 2. The number of carbonyl (C=O) groups is 1. The molecule has 0 radical (unpaired) electrons. The third-order valence-electron chi connectivity index (χ3n) is 2.34. The Morgan fingerprint density at radius 2 is 2.47 bits per heavy atom. The number of thiazole rings is 1. The number of aromatic nitrogens is 1. The van der Waals surface area contributed by atoms with Crippen LogP contribution in [0.25, 0.3) is 0 Å². The standard InChI is InChI=1S/C11H12N2O2S2/c1-7-10(17-6-13-7)11(15)12-4-9(14)8-2-3-16-5-8/h2-3,5-6,9,14H,4H2,1H3,(H,12,15). The molecule has 0 bridgehead atoms. The van der Waals surface area contributed by atoms with Gasteiger partial charge in [0.2, 0.25) is 0 Å². The first-order chi connectivity index (χ1) is 8.18. The summed E-state index contributed by atoms with van der Waals surface area (Å²) in [5.41, 5.74) is 3.19. The van der Waals surface area contributed by atoms with Crippen LogP contribution in [0.4, 0.5) is 0 Å². The summed E-state index contributed by atoms with van der Waals surface area (Å²) in [6, 6.07) is 1.85. The molecule has 0 fully saturated rings. The third-order valence-corrected chi connectivity index (χ3v) is 3.96. The van der Waals surface area contributed by atoms with Gasteiger partial charge in [-0.1, -0.05) is 0 Å². The summed E-state index contributed by atoms with van der Waals surface area (Å²) < 4.78 is 0. The van der Waals surface area contributed by atoms with Crippen LogP contribution in [-0.4, -0.2) is 22.5 Å². The lowest BCUT2D eigenvalue weighted by Crippen LogP contribution is -2.28. The van der Waals surface area contributed by atoms with Crippen molar-refractivity contribution in [1.29, 1.82) is 0 Å². The van der Waals surface area contributed by atoms with E-state index in [-0.39, 0.29) is 12.5 Å². The fraction of sp³-hybridized carbons (Fsp3) is 0.273. The second-order valence-electron chi connectivity index (χ2n) is 3.55. The van der Waals surface area contributed by atoms with Crippen molar-refractivity contribution < 1.29 is 9.90 Å². The SMILES string of the molecule is Cc1ncsc1C(=O)NCC(O)c1ccsc1. The van der Waals surface area contributed by atoms with E-state index in [1.165, 1.54) is 22.7 Å². The predicted molar refractivity (Wildman–Crippen MR) is 68.5 cm³/mol. The molecular formula is C11H12N2O2S2. The number of nitrogens with zero attached hydrogens (tertiary/aromatic N) is 1. The molecule has 0 aromatic carbocycles. The van der Waals surface area contributed by atoms with Crippen molar-refractivity contribution in [2.45, 2.75) is 13.0 Å². The molecule has 2 rings (SSSR count). The van der Waals surface area contributed by atoms with Crippen LogP contribution in [0.1, 0.15) is 27.0 Å². The number of aryl methyl sites for hydroxylation is 1. The number of aliphatic hydroxyl groups excluding tert-OH is 1. The highest BCUT2D eigenvalue weighted by molar-refractivity contribution is 7.11. The van der Waals surface area contributed by atoms with Crippen LogP contribution in [0.15, 0.2) is 22.3 Å². The molecule has 2 N–H and O–H groups in total. The van der Waals surface area contributed by atoms with E-state index in [1.54, 1.807) is 12.4 Å². The normalized spacial score (nSPS) is 12.4. The first-order valence-corrected chi connectivity index (χ1v) is 6.89. The van der Waals surface area contributed by atoms with Gasteiger partial charge in [0, 0.05) is 6.54 Å². The van der Waals surface area contributed by atoms with E-state index in [1.807, 2.05) is 16.8 Å². The lowest BCUT2D eigenvalue weighted by atomic mass is 10.2. The highest BCUT2D eigenvalue weighted by Crippen LogP contribution is 2.16. The van der Waals surface area contributed by atoms with Crippen molar-refractivity contribution in [2.24, 2.45) is 0 Å². The molecule has 1 atom stereocenters. The summed E-state index contributed by atoms with van der Waals surface area (Å²) in [4.78, 5) is 16.4. The fourth-order valence-electron chi connectivity index (χ4n) is 1.37. The van der Waals surface area contributed by atoms with Crippen LogP contribution in [0.2, 0.25) is 0 Å². The maximum Gasteiger partial charge on any atom is 0.263 e. The number of amides is 1. The smallest absolute Gasteiger partial charge is 0.263 e. The Kier molecular flexibility index (Phi) is 3.88. The minimum atomic E-state index is -0.654. The van der Waals surface area contributed by atoms with Crippen LogP contribution in [0, 0.1) is 6.92 Å². The molecule has 0 spiro atoms. The van der Waals surface area contributed by atoms with Gasteiger partial charge in [-0.15, -0.1) is 11.3 Å². The number of aliphatic hydroxyl groups is 1. The van der Waals surface area contributed by atoms with Crippen molar-refractivity contribution in [1.82, 2.24) is 10.3 Å². The molecule has 2 aromatic heterocycles. The Labute approximate surface area is 107 Å². The zero-order valence-electron chi connectivity index (χ0n) is 9.21. The minimum Gasteiger partial charge on any atom is -0.387 e. The van der Waals surface area contributed by atoms with E-state index in [0.717, 1.165) is 11.3 Å². The Balaban J connectivity index is 1.91. The van der Waals surface area contributed by atoms with E-state index in [0.29, 0.717) is 4.88 Å². The Morgan fingerprint density at radius 3 is 3.06 bits per heavy atom. The van der Waals surface area contributed by atoms with Crippen molar-refractivity contribution in [2.75, 3.05) is 6.54 Å². The van der Waals surface area contributed by atoms with Gasteiger partial charge in [0.15, 0.2) is 0 Å². The number of rotatable bonds is 4. The van der Waals surface area contributed by atoms with E-state index < -0.39 is 6.10 Å². The van der Waals surface area contributed by atoms with E-state index >= 15 is 0 Å². The quantitative estimate of drug-likeness (QED) is 0.891. The van der Waals surface area contributed by atoms with Crippen LogP contribution >= 0.6 is 22.7 Å². The first-order valence-electron chi connectivity index (χ1n) is 5.07. The summed E-state index contributed by atoms with van der Waals surface area (Å²) in [6.07, 6.45) is -0.654. The predicted octanol–water partition coefficient (Wildman–Crippen LogP) is 1.98. The Morgan fingerprint density at radius 1 is 1.65 bits per heavy atom. The van der Waals surface area contributed by atoms with E-state index in [9.17, 15) is 9.90 Å². The van der Waals surface area contributed by atoms with Gasteiger partial charge in [-0.25, -0.2) is 4.98 Å². The van der Waals surface area contributed by atoms with Crippen molar-refractivity contribution in [3.05, 3.63) is 38.5 Å². The lowest BCUT2D eigenvalue weighted by Gasteiger charge is -2.09. The van der Waals surface area contributed by atoms with Crippen molar-refractivity contribution in [3.63, 3.8) is 0 Å². The Hall–Kier alpha value is -1.24. The molecule has 90 valence electrons. The second-order valence-corrected chi connectivity index (χ2v) is 5.18. The number of carbonyl (C=O) groups excluding carboxylic acids is 1. The minimum absolute atomic E-state index is 0.181. The molecule has 17 heavy (non-hydrogen) atoms. The largest absolute Gasteiger partial charge is 0.387 e. The summed E-state index contributed by atoms with van der Waals surface area (Å²) in [5.74, 6) is -0.181. The number of hydrogen-bond acceptors (Lipinski definition) is 5. The molecule has 0 aliphatic rings. The van der Waals surface area contributed by atoms with Gasteiger partial charge in [-0.3, -0.25) is 4.79 Å². The maximum atomic E-state index is 11.8. The van der Waals surface area contributed by atoms with Crippen LogP contribution in [-0.2, 0) is 0 Å². The van der Waals surface area contributed by atoms with Crippen molar-refractivity contribution in [3.8, 4) is 0 Å². The van der Waals surface area contributed by atoms with E-state index in [2.05, 4.69) is 10.3 Å². The molecular weight excluding hydrogens is 256 g/mol. The summed E-state index contributed by atoms with van der Waals surface area (Å²) >= 11 is 2.83. The monoisotopic (exact) mass is 268 g/mol. The fourth-order valence-corrected chi connectivity index (χ4v) is 2.80. The number of nitrogens with one attached hydrogen (secondary N) is 1. The van der Waals surface area contributed by atoms with E-state index in [4.69, 9.17) is 0 Å². The van der Waals surface area contributed by atoms with Crippen LogP contribution in [0.5, 0.6) is 0 Å². The van der Waals surface area contributed by atoms with Crippen molar-refractivity contribution >= 4 is 28.6 Å². The molecule has 1 unspecified atom stereocenters. The zero-order valence-corrected chi connectivity index (χ0v) is 10.8. The summed E-state index contributed by atoms with van der Waals surface area (Å²) in [6.45, 7) is 2.01. The zero-order chi connectivity index (χ0) is 12.3. The molecule has 0 saturated carbocycles. The van der Waals surface area contributed by atoms with Gasteiger partial charge in [0.25, 0.3) is 5.91 Å². The molecule has 0 aliphatic heterocycles. The molecule has 0 aliphatic carbocycles. The molecule has 0 saturated heterocycles. The van der Waals surface area contributed by atoms with Gasteiger partial charge in [0.05, 0.1) is 17.3 Å². The molecule has 1 amide bonds. The first kappa shape index (κ1) is 12.2. The van der Waals surface area contributed by atoms with Gasteiger partial charge in [0.1, 0.15) is 4.88 Å². The van der Waals surface area contributed by atoms with Crippen LogP contribution in [0.3, 0.4) is 0 Å². The van der Waals surface area contributed by atoms with Crippen LogP contribution < -0.4 is 5.32 Å². The summed E-state index contributed by atoms with van der Waals surface area (Å²) in [7, 11) is 0. The number of thiophene rings is 1. The highest BCUT2D eigenvalue weighted by Gasteiger charge is 2.14. The Bertz CT molecular complexity index is 493. The van der Waals surface area contributed by atoms with Gasteiger partial charge >= 0.3 is 0 Å². The van der Waals surface area contributed by atoms with Gasteiger partial charge in [-0.05, 0) is 29.3 Å². The van der Waals surface area contributed by atoms with Gasteiger partial charge < -0.3 is 10.4 Å². The highest BCUT2D eigenvalue weighted by atomic mass is 32.1. The summed E-state index contributed by atoms with van der Waals surface area (Å²) in [5, 5.41) is 16.3. The topological polar surface area (TPSA) is 62.2 Å². The average molecular weight is 268 g/mol. The molecule has 4 nitrogen and oxygen atoms in total. The second kappa shape index (κ2) is 5.39. The average Bonchev–Trinajstić information content (AvgIpc) is 2.95. The molecule has 2 aromatic rings.